The van der Waals surface area contributed by atoms with E-state index in [0.717, 1.165) is 0 Å². The first kappa shape index (κ1) is 37.2. The van der Waals surface area contributed by atoms with Crippen LogP contribution in [0.3, 0.4) is 0 Å². The number of carbonyl (C=O) groups excluding carboxylic acids is 6. The number of carboxylic acids is 1. The lowest BCUT2D eigenvalue weighted by molar-refractivity contribution is -0.145. The van der Waals surface area contributed by atoms with Gasteiger partial charge in [-0.2, -0.15) is 0 Å². The molecular formula is C26H45N7O10. The Morgan fingerprint density at radius 2 is 1.51 bits per heavy atom. The number of hydrogen-bond donors (Lipinski definition) is 9. The van der Waals surface area contributed by atoms with Gasteiger partial charge in [-0.3, -0.25) is 28.8 Å². The second-order valence-electron chi connectivity index (χ2n) is 11.0. The molecule has 1 heterocycles. The fourth-order valence-corrected chi connectivity index (χ4v) is 4.42. The summed E-state index contributed by atoms with van der Waals surface area (Å²) in [5.74, 6) is -6.05. The van der Waals surface area contributed by atoms with Crippen LogP contribution >= 0.6 is 0 Å². The van der Waals surface area contributed by atoms with Crippen LogP contribution in [-0.4, -0.2) is 117 Å². The lowest BCUT2D eigenvalue weighted by Crippen LogP contribution is -2.59. The third-order valence-electron chi connectivity index (χ3n) is 6.81. The average molecular weight is 616 g/mol. The number of nitrogens with one attached hydrogen (secondary N) is 4. The number of aliphatic carboxylic acids is 1. The molecule has 43 heavy (non-hydrogen) atoms. The lowest BCUT2D eigenvalue weighted by atomic mass is 10.0. The van der Waals surface area contributed by atoms with Gasteiger partial charge in [-0.05, 0) is 45.4 Å². The van der Waals surface area contributed by atoms with Crippen molar-refractivity contribution >= 4 is 41.4 Å². The zero-order chi connectivity index (χ0) is 33.0. The van der Waals surface area contributed by atoms with Crippen molar-refractivity contribution in [2.24, 2.45) is 17.4 Å². The van der Waals surface area contributed by atoms with E-state index in [-0.39, 0.29) is 38.1 Å². The molecule has 0 radical (unpaired) electrons. The summed E-state index contributed by atoms with van der Waals surface area (Å²) in [5.41, 5.74) is 11.0. The van der Waals surface area contributed by atoms with Crippen LogP contribution in [0.25, 0.3) is 0 Å². The van der Waals surface area contributed by atoms with Crippen molar-refractivity contribution in [3.05, 3.63) is 0 Å². The molecule has 0 aliphatic carbocycles. The number of carbonyl (C=O) groups is 7. The molecule has 0 spiro atoms. The summed E-state index contributed by atoms with van der Waals surface area (Å²) in [6.07, 6.45) is -0.647. The van der Waals surface area contributed by atoms with Crippen LogP contribution in [0.1, 0.15) is 59.8 Å². The van der Waals surface area contributed by atoms with Gasteiger partial charge in [0.1, 0.15) is 24.2 Å². The van der Waals surface area contributed by atoms with E-state index in [1.807, 2.05) is 0 Å². The topological polar surface area (TPSA) is 284 Å². The smallest absolute Gasteiger partial charge is 0.328 e. The average Bonchev–Trinajstić information content (AvgIpc) is 3.41. The Hall–Kier alpha value is -3.83. The van der Waals surface area contributed by atoms with Crippen LogP contribution in [-0.2, 0) is 33.6 Å². The highest BCUT2D eigenvalue weighted by molar-refractivity contribution is 5.96. The second kappa shape index (κ2) is 17.3. The number of amides is 6. The first-order valence-electron chi connectivity index (χ1n) is 14.1. The first-order chi connectivity index (χ1) is 20.0. The van der Waals surface area contributed by atoms with E-state index in [0.29, 0.717) is 6.42 Å². The molecule has 1 fully saturated rings. The first-order valence-corrected chi connectivity index (χ1v) is 14.1. The van der Waals surface area contributed by atoms with Gasteiger partial charge in [0.2, 0.25) is 35.4 Å². The van der Waals surface area contributed by atoms with E-state index < -0.39 is 90.4 Å². The summed E-state index contributed by atoms with van der Waals surface area (Å²) in [6, 6.07) is -7.56. The van der Waals surface area contributed by atoms with E-state index in [1.54, 1.807) is 13.8 Å². The quantitative estimate of drug-likeness (QED) is 0.0760. The van der Waals surface area contributed by atoms with E-state index in [9.17, 15) is 48.9 Å². The Balaban J connectivity index is 2.84. The number of nitrogens with zero attached hydrogens (tertiary/aromatic N) is 1. The number of nitrogens with two attached hydrogens (primary N) is 2. The number of rotatable bonds is 17. The van der Waals surface area contributed by atoms with Crippen molar-refractivity contribution in [1.82, 2.24) is 26.2 Å². The van der Waals surface area contributed by atoms with Gasteiger partial charge in [-0.25, -0.2) is 4.79 Å². The third-order valence-corrected chi connectivity index (χ3v) is 6.81. The van der Waals surface area contributed by atoms with Crippen molar-refractivity contribution < 1.29 is 48.9 Å². The minimum atomic E-state index is -1.61. The molecule has 7 atom stereocenters. The van der Waals surface area contributed by atoms with Crippen molar-refractivity contribution in [3.63, 3.8) is 0 Å². The monoisotopic (exact) mass is 615 g/mol. The molecule has 0 saturated carbocycles. The second-order valence-corrected chi connectivity index (χ2v) is 11.0. The molecule has 1 aliphatic rings. The molecule has 0 aromatic carbocycles. The Labute approximate surface area is 249 Å². The van der Waals surface area contributed by atoms with Gasteiger partial charge in [0.05, 0.1) is 18.8 Å². The van der Waals surface area contributed by atoms with Gasteiger partial charge in [-0.15, -0.1) is 0 Å². The molecule has 1 saturated heterocycles. The highest BCUT2D eigenvalue weighted by atomic mass is 16.4. The Kier molecular flexibility index (Phi) is 15.0. The van der Waals surface area contributed by atoms with E-state index in [1.165, 1.54) is 18.7 Å². The molecule has 17 nitrogen and oxygen atoms in total. The molecule has 1 aliphatic heterocycles. The SMILES string of the molecule is CC(C)C[C@H](NC(=O)[C@H](C)NC(=O)[C@H](CO)NC(=O)[C@@H]1CCCN1C(=O)[C@@H](N)CCC(N)=O)C(=O)N[C@H](C(=O)O)[C@@H](C)O. The number of aliphatic hydroxyl groups is 2. The minimum absolute atomic E-state index is 0.00100. The summed E-state index contributed by atoms with van der Waals surface area (Å²) in [5, 5.41) is 38.0. The van der Waals surface area contributed by atoms with Gasteiger partial charge < -0.3 is 53.0 Å². The molecule has 244 valence electrons. The fraction of sp³-hybridized carbons (Fsp3) is 0.731. The third kappa shape index (κ3) is 11.8. The number of aliphatic hydroxyl groups excluding tert-OH is 2. The number of hydrogen-bond acceptors (Lipinski definition) is 10. The standard InChI is InChI=1S/C26H45N7O10/c1-12(2)10-16(22(38)32-20(14(4)35)26(42)43)30-21(37)13(3)29-23(39)17(11-34)31-24(40)18-6-5-9-33(18)25(41)15(27)7-8-19(28)36/h12-18,20,34-35H,5-11,27H2,1-4H3,(H2,28,36)(H,29,39)(H,30,37)(H,31,40)(H,32,38)(H,42,43)/t13-,14+,15-,16-,17-,18-,20-/m0/s1. The highest BCUT2D eigenvalue weighted by Gasteiger charge is 2.38. The Bertz CT molecular complexity index is 1040. The maximum Gasteiger partial charge on any atom is 0.328 e. The van der Waals surface area contributed by atoms with Crippen molar-refractivity contribution in [3.8, 4) is 0 Å². The van der Waals surface area contributed by atoms with Crippen LogP contribution in [0, 0.1) is 5.92 Å². The predicted molar refractivity (Wildman–Crippen MR) is 150 cm³/mol. The summed E-state index contributed by atoms with van der Waals surface area (Å²) in [7, 11) is 0. The summed E-state index contributed by atoms with van der Waals surface area (Å²) in [6.45, 7) is 5.41. The molecule has 0 unspecified atom stereocenters. The zero-order valence-electron chi connectivity index (χ0n) is 24.9. The van der Waals surface area contributed by atoms with Gasteiger partial charge in [0, 0.05) is 13.0 Å². The molecule has 17 heteroatoms. The van der Waals surface area contributed by atoms with Gasteiger partial charge in [-0.1, -0.05) is 13.8 Å². The number of likely N-dealkylation sites (tertiary alicyclic amines) is 1. The van der Waals surface area contributed by atoms with E-state index in [4.69, 9.17) is 11.5 Å². The molecular weight excluding hydrogens is 570 g/mol. The molecule has 0 aromatic heterocycles. The van der Waals surface area contributed by atoms with Gasteiger partial charge in [0.15, 0.2) is 6.04 Å². The maximum absolute atomic E-state index is 13.0. The largest absolute Gasteiger partial charge is 0.480 e. The van der Waals surface area contributed by atoms with Crippen LogP contribution in [0.15, 0.2) is 0 Å². The lowest BCUT2D eigenvalue weighted by Gasteiger charge is -2.28. The predicted octanol–water partition coefficient (Wildman–Crippen LogP) is -3.97. The normalized spacial score (nSPS) is 18.9. The minimum Gasteiger partial charge on any atom is -0.480 e. The van der Waals surface area contributed by atoms with Gasteiger partial charge >= 0.3 is 5.97 Å². The maximum atomic E-state index is 13.0. The molecule has 0 aromatic rings. The van der Waals surface area contributed by atoms with Crippen molar-refractivity contribution in [2.75, 3.05) is 13.2 Å². The summed E-state index contributed by atoms with van der Waals surface area (Å²) < 4.78 is 0. The van der Waals surface area contributed by atoms with E-state index in [2.05, 4.69) is 21.3 Å². The Morgan fingerprint density at radius 3 is 2.02 bits per heavy atom. The van der Waals surface area contributed by atoms with E-state index >= 15 is 0 Å². The Morgan fingerprint density at radius 1 is 0.907 bits per heavy atom. The zero-order valence-corrected chi connectivity index (χ0v) is 24.9. The summed E-state index contributed by atoms with van der Waals surface area (Å²) >= 11 is 0. The van der Waals surface area contributed by atoms with Crippen LogP contribution in [0.2, 0.25) is 0 Å². The molecule has 11 N–H and O–H groups in total. The van der Waals surface area contributed by atoms with Crippen molar-refractivity contribution in [1.29, 1.82) is 0 Å². The molecule has 6 amide bonds. The fourth-order valence-electron chi connectivity index (χ4n) is 4.42. The van der Waals surface area contributed by atoms with Crippen LogP contribution < -0.4 is 32.7 Å². The van der Waals surface area contributed by atoms with Gasteiger partial charge in [0.25, 0.3) is 0 Å². The molecule has 1 rings (SSSR count). The van der Waals surface area contributed by atoms with Crippen LogP contribution in [0.5, 0.6) is 0 Å². The number of carboxylic acid groups (broad SMARTS) is 1. The molecule has 0 bridgehead atoms. The summed E-state index contributed by atoms with van der Waals surface area (Å²) in [4.78, 5) is 87.7. The van der Waals surface area contributed by atoms with Crippen LogP contribution in [0.4, 0.5) is 0 Å². The number of primary amides is 1. The highest BCUT2D eigenvalue weighted by Crippen LogP contribution is 2.19. The van der Waals surface area contributed by atoms with Crippen molar-refractivity contribution in [2.45, 2.75) is 102 Å².